The van der Waals surface area contributed by atoms with Gasteiger partial charge in [0.05, 0.1) is 6.04 Å². The molecule has 1 atom stereocenters. The average molecular weight is 270 g/mol. The number of rotatable bonds is 3. The van der Waals surface area contributed by atoms with Gasteiger partial charge in [-0.1, -0.05) is 39.0 Å². The molecule has 0 aliphatic rings. The van der Waals surface area contributed by atoms with Gasteiger partial charge in [0.25, 0.3) is 0 Å². The molecular formula is C15H18N4O. The molecule has 1 aromatic heterocycles. The van der Waals surface area contributed by atoms with Crippen LogP contribution in [0.4, 0.5) is 11.6 Å². The molecule has 5 heteroatoms. The first-order chi connectivity index (χ1) is 9.41. The third-order valence-electron chi connectivity index (χ3n) is 2.98. The summed E-state index contributed by atoms with van der Waals surface area (Å²) in [6, 6.07) is 11.1. The summed E-state index contributed by atoms with van der Waals surface area (Å²) < 4.78 is 5.63. The van der Waals surface area contributed by atoms with Crippen LogP contribution in [0.25, 0.3) is 0 Å². The van der Waals surface area contributed by atoms with E-state index in [1.165, 1.54) is 0 Å². The first-order valence-corrected chi connectivity index (χ1v) is 6.40. The van der Waals surface area contributed by atoms with Gasteiger partial charge in [0.1, 0.15) is 6.07 Å². The van der Waals surface area contributed by atoms with Crippen LogP contribution >= 0.6 is 0 Å². The van der Waals surface area contributed by atoms with Crippen molar-refractivity contribution in [1.29, 1.82) is 5.26 Å². The Hall–Kier alpha value is -2.32. The Kier molecular flexibility index (Phi) is 3.77. The lowest BCUT2D eigenvalue weighted by molar-refractivity contribution is 0.279. The predicted molar refractivity (Wildman–Crippen MR) is 77.3 cm³/mol. The highest BCUT2D eigenvalue weighted by atomic mass is 16.4. The van der Waals surface area contributed by atoms with Gasteiger partial charge in [-0.05, 0) is 17.5 Å². The van der Waals surface area contributed by atoms with Gasteiger partial charge in [-0.15, -0.1) is 0 Å². The molecule has 104 valence electrons. The summed E-state index contributed by atoms with van der Waals surface area (Å²) in [5.74, 6) is 0.695. The maximum atomic E-state index is 9.14. The number of benzene rings is 1. The topological polar surface area (TPSA) is 87.9 Å². The number of nitrogens with zero attached hydrogens (tertiary/aromatic N) is 2. The third-order valence-corrected chi connectivity index (χ3v) is 2.98. The summed E-state index contributed by atoms with van der Waals surface area (Å²) in [5, 5.41) is 12.2. The van der Waals surface area contributed by atoms with Gasteiger partial charge < -0.3 is 15.5 Å². The van der Waals surface area contributed by atoms with Gasteiger partial charge >= 0.3 is 0 Å². The molecule has 0 bridgehead atoms. The van der Waals surface area contributed by atoms with E-state index in [0.717, 1.165) is 5.69 Å². The molecule has 0 saturated heterocycles. The fraction of sp³-hybridized carbons (Fsp3) is 0.333. The van der Waals surface area contributed by atoms with Crippen molar-refractivity contribution in [2.24, 2.45) is 11.1 Å². The summed E-state index contributed by atoms with van der Waals surface area (Å²) >= 11 is 0. The van der Waals surface area contributed by atoms with Gasteiger partial charge in [0.15, 0.2) is 0 Å². The van der Waals surface area contributed by atoms with E-state index in [2.05, 4.69) is 10.3 Å². The molecule has 0 aliphatic heterocycles. The normalized spacial score (nSPS) is 12.8. The Morgan fingerprint density at radius 2 is 1.95 bits per heavy atom. The summed E-state index contributed by atoms with van der Waals surface area (Å²) in [7, 11) is 0. The third kappa shape index (κ3) is 2.98. The molecule has 0 amide bonds. The van der Waals surface area contributed by atoms with Crippen LogP contribution in [0.5, 0.6) is 0 Å². The zero-order valence-electron chi connectivity index (χ0n) is 11.8. The Morgan fingerprint density at radius 3 is 2.50 bits per heavy atom. The van der Waals surface area contributed by atoms with E-state index in [1.54, 1.807) is 0 Å². The Balaban J connectivity index is 2.31. The summed E-state index contributed by atoms with van der Waals surface area (Å²) in [5.41, 5.74) is 6.96. The molecule has 2 rings (SSSR count). The number of nitrogens with two attached hydrogens (primary N) is 1. The lowest BCUT2D eigenvalue weighted by Crippen LogP contribution is -2.26. The van der Waals surface area contributed by atoms with Crippen LogP contribution < -0.4 is 11.1 Å². The van der Waals surface area contributed by atoms with Crippen molar-refractivity contribution >= 4 is 11.6 Å². The molecule has 1 heterocycles. The van der Waals surface area contributed by atoms with E-state index >= 15 is 0 Å². The summed E-state index contributed by atoms with van der Waals surface area (Å²) in [6.45, 7) is 5.99. The van der Waals surface area contributed by atoms with Crippen LogP contribution in [-0.2, 0) is 0 Å². The van der Waals surface area contributed by atoms with E-state index in [9.17, 15) is 0 Å². The molecule has 20 heavy (non-hydrogen) atoms. The fourth-order valence-electron chi connectivity index (χ4n) is 1.65. The second-order valence-electron chi connectivity index (χ2n) is 5.68. The molecule has 0 saturated carbocycles. The number of oxazole rings is 1. The minimum absolute atomic E-state index is 0.193. The summed E-state index contributed by atoms with van der Waals surface area (Å²) in [4.78, 5) is 4.18. The molecule has 1 aromatic carbocycles. The van der Waals surface area contributed by atoms with Gasteiger partial charge in [-0.25, -0.2) is 0 Å². The molecule has 0 unspecified atom stereocenters. The quantitative estimate of drug-likeness (QED) is 0.893. The zero-order valence-corrected chi connectivity index (χ0v) is 11.8. The van der Waals surface area contributed by atoms with E-state index in [1.807, 2.05) is 57.2 Å². The van der Waals surface area contributed by atoms with Gasteiger partial charge in [0, 0.05) is 5.69 Å². The largest absolute Gasteiger partial charge is 0.422 e. The second kappa shape index (κ2) is 5.35. The Bertz CT molecular complexity index is 620. The van der Waals surface area contributed by atoms with Crippen LogP contribution in [-0.4, -0.2) is 4.98 Å². The van der Waals surface area contributed by atoms with Crippen molar-refractivity contribution in [3.8, 4) is 6.07 Å². The molecule has 0 fully saturated rings. The highest BCUT2D eigenvalue weighted by molar-refractivity contribution is 5.59. The molecule has 3 N–H and O–H groups in total. The minimum atomic E-state index is -0.374. The van der Waals surface area contributed by atoms with Crippen LogP contribution in [0.1, 0.15) is 38.4 Å². The number of anilines is 2. The second-order valence-corrected chi connectivity index (χ2v) is 5.68. The molecule has 2 aromatic rings. The highest BCUT2D eigenvalue weighted by Crippen LogP contribution is 2.32. The SMILES string of the molecule is CC(C)(C)[C@H](N)c1nc(C#N)c(Nc2ccccc2)o1. The van der Waals surface area contributed by atoms with Crippen molar-refractivity contribution in [3.63, 3.8) is 0 Å². The number of nitriles is 1. The first-order valence-electron chi connectivity index (χ1n) is 6.40. The molecule has 0 aliphatic carbocycles. The van der Waals surface area contributed by atoms with E-state index in [0.29, 0.717) is 11.8 Å². The average Bonchev–Trinajstić information content (AvgIpc) is 2.81. The number of hydrogen-bond donors (Lipinski definition) is 2. The Labute approximate surface area is 118 Å². The predicted octanol–water partition coefficient (Wildman–Crippen LogP) is 3.34. The van der Waals surface area contributed by atoms with Gasteiger partial charge in [0.2, 0.25) is 17.5 Å². The monoisotopic (exact) mass is 270 g/mol. The van der Waals surface area contributed by atoms with E-state index in [4.69, 9.17) is 15.4 Å². The van der Waals surface area contributed by atoms with Crippen LogP contribution in [0.2, 0.25) is 0 Å². The van der Waals surface area contributed by atoms with Gasteiger partial charge in [-0.3, -0.25) is 0 Å². The van der Waals surface area contributed by atoms with Crippen LogP contribution in [0.15, 0.2) is 34.7 Å². The van der Waals surface area contributed by atoms with Gasteiger partial charge in [-0.2, -0.15) is 10.2 Å². The highest BCUT2D eigenvalue weighted by Gasteiger charge is 2.28. The van der Waals surface area contributed by atoms with Crippen molar-refractivity contribution in [1.82, 2.24) is 4.98 Å². The Morgan fingerprint density at radius 1 is 1.30 bits per heavy atom. The fourth-order valence-corrected chi connectivity index (χ4v) is 1.65. The van der Waals surface area contributed by atoms with Crippen molar-refractivity contribution in [3.05, 3.63) is 41.9 Å². The van der Waals surface area contributed by atoms with Crippen LogP contribution in [0.3, 0.4) is 0 Å². The summed E-state index contributed by atoms with van der Waals surface area (Å²) in [6.07, 6.45) is 0. The number of aromatic nitrogens is 1. The van der Waals surface area contributed by atoms with Crippen molar-refractivity contribution in [2.45, 2.75) is 26.8 Å². The maximum Gasteiger partial charge on any atom is 0.236 e. The minimum Gasteiger partial charge on any atom is -0.422 e. The number of para-hydroxylation sites is 1. The first kappa shape index (κ1) is 14.1. The lowest BCUT2D eigenvalue weighted by atomic mass is 9.87. The van der Waals surface area contributed by atoms with E-state index < -0.39 is 0 Å². The van der Waals surface area contributed by atoms with Crippen molar-refractivity contribution < 1.29 is 4.42 Å². The standard InChI is InChI=1S/C15H18N4O/c1-15(2,3)12(17)14-19-11(9-16)13(20-14)18-10-7-5-4-6-8-10/h4-8,12,18H,17H2,1-3H3/t12-/m1/s1. The smallest absolute Gasteiger partial charge is 0.236 e. The van der Waals surface area contributed by atoms with Crippen molar-refractivity contribution in [2.75, 3.05) is 5.32 Å². The van der Waals surface area contributed by atoms with E-state index in [-0.39, 0.29) is 17.2 Å². The maximum absolute atomic E-state index is 9.14. The zero-order chi connectivity index (χ0) is 14.8. The van der Waals surface area contributed by atoms with Crippen LogP contribution in [0, 0.1) is 16.7 Å². The number of nitrogens with one attached hydrogen (secondary N) is 1. The lowest BCUT2D eigenvalue weighted by Gasteiger charge is -2.23. The number of hydrogen-bond acceptors (Lipinski definition) is 5. The molecule has 0 radical (unpaired) electrons. The molecule has 0 spiro atoms. The molecular weight excluding hydrogens is 252 g/mol. The molecule has 5 nitrogen and oxygen atoms in total.